The van der Waals surface area contributed by atoms with Crippen LogP contribution in [0, 0.1) is 0 Å². The summed E-state index contributed by atoms with van der Waals surface area (Å²) < 4.78 is 34.6. The monoisotopic (exact) mass is 401 g/mol. The van der Waals surface area contributed by atoms with Crippen LogP contribution in [0.1, 0.15) is 24.3 Å². The number of para-hydroxylation sites is 3. The average Bonchev–Trinajstić information content (AvgIpc) is 2.68. The highest BCUT2D eigenvalue weighted by Gasteiger charge is 2.51. The van der Waals surface area contributed by atoms with E-state index in [0.717, 1.165) is 4.90 Å². The third-order valence-electron chi connectivity index (χ3n) is 4.85. The van der Waals surface area contributed by atoms with Crippen LogP contribution in [0.25, 0.3) is 11.0 Å². The molecule has 3 aromatic rings. The lowest BCUT2D eigenvalue weighted by Crippen LogP contribution is -2.51. The number of carbonyl (C=O) groups is 1. The molecule has 0 fully saturated rings. The van der Waals surface area contributed by atoms with Gasteiger partial charge in [-0.2, -0.15) is 8.78 Å². The highest BCUT2D eigenvalue weighted by atomic mass is 19.3. The summed E-state index contributed by atoms with van der Waals surface area (Å²) >= 11 is 0. The molecule has 29 heavy (non-hydrogen) atoms. The highest BCUT2D eigenvalue weighted by Crippen LogP contribution is 2.43. The van der Waals surface area contributed by atoms with Gasteiger partial charge in [-0.05, 0) is 25.1 Å². The van der Waals surface area contributed by atoms with E-state index in [4.69, 9.17) is 0 Å². The third-order valence-corrected chi connectivity index (χ3v) is 4.85. The molecular formula is C20H17F2N3O4. The number of amides is 1. The van der Waals surface area contributed by atoms with Crippen molar-refractivity contribution in [3.05, 3.63) is 64.1 Å². The van der Waals surface area contributed by atoms with Crippen LogP contribution >= 0.6 is 0 Å². The van der Waals surface area contributed by atoms with E-state index in [-0.39, 0.29) is 22.7 Å². The summed E-state index contributed by atoms with van der Waals surface area (Å²) in [6.07, 6.45) is -5.23. The minimum atomic E-state index is -4.14. The molecule has 1 amide bonds. The van der Waals surface area contributed by atoms with E-state index in [1.807, 2.05) is 0 Å². The van der Waals surface area contributed by atoms with Crippen LogP contribution in [0.2, 0.25) is 0 Å². The van der Waals surface area contributed by atoms with Crippen molar-refractivity contribution < 1.29 is 23.4 Å². The molecule has 0 unspecified atom stereocenters. The number of hydrogen-bond acceptors (Lipinski definition) is 5. The number of aryl methyl sites for hydroxylation is 1. The Hall–Kier alpha value is -3.33. The number of aromatic nitrogens is 2. The molecule has 4 rings (SSSR count). The van der Waals surface area contributed by atoms with Crippen molar-refractivity contribution in [2.24, 2.45) is 7.05 Å². The standard InChI is InChI=1S/C20H17F2N3O4/c1-11(26)12-6-5-9-16-17(12)29-20(21,22)19(28)25(16)10-14-18(27)24(2)15-8-4-3-7-13(15)23-14/h3-9,11,26H,10H2,1-2H3/t11-/m0/s1. The molecule has 1 atom stereocenters. The Labute approximate surface area is 163 Å². The molecule has 150 valence electrons. The van der Waals surface area contributed by atoms with E-state index < -0.39 is 30.2 Å². The van der Waals surface area contributed by atoms with Gasteiger partial charge in [0.05, 0.1) is 29.4 Å². The molecule has 0 spiro atoms. The maximum absolute atomic E-state index is 14.3. The summed E-state index contributed by atoms with van der Waals surface area (Å²) in [5.41, 5.74) is 0.660. The summed E-state index contributed by atoms with van der Waals surface area (Å²) in [5.74, 6) is -1.91. The Morgan fingerprint density at radius 2 is 1.90 bits per heavy atom. The number of ether oxygens (including phenoxy) is 1. The molecule has 2 heterocycles. The summed E-state index contributed by atoms with van der Waals surface area (Å²) in [6, 6.07) is 11.3. The number of rotatable bonds is 3. The van der Waals surface area contributed by atoms with Crippen LogP contribution in [0.3, 0.4) is 0 Å². The maximum atomic E-state index is 14.3. The van der Waals surface area contributed by atoms with Crippen LogP contribution in [-0.2, 0) is 18.4 Å². The number of aliphatic hydroxyl groups is 1. The van der Waals surface area contributed by atoms with Gasteiger partial charge in [0.15, 0.2) is 5.75 Å². The van der Waals surface area contributed by atoms with Gasteiger partial charge in [0, 0.05) is 12.6 Å². The number of alkyl halides is 2. The lowest BCUT2D eigenvalue weighted by atomic mass is 10.1. The number of fused-ring (bicyclic) bond motifs is 2. The predicted octanol–water partition coefficient (Wildman–Crippen LogP) is 2.51. The summed E-state index contributed by atoms with van der Waals surface area (Å²) in [7, 11) is 1.55. The highest BCUT2D eigenvalue weighted by molar-refractivity contribution is 6.01. The van der Waals surface area contributed by atoms with Gasteiger partial charge in [-0.1, -0.05) is 24.3 Å². The lowest BCUT2D eigenvalue weighted by Gasteiger charge is -2.34. The second-order valence-corrected chi connectivity index (χ2v) is 6.79. The minimum Gasteiger partial charge on any atom is -0.423 e. The smallest absolute Gasteiger partial charge is 0.423 e. The molecule has 0 saturated heterocycles. The summed E-state index contributed by atoms with van der Waals surface area (Å²) in [6.45, 7) is 0.935. The Balaban J connectivity index is 1.87. The van der Waals surface area contributed by atoms with Crippen LogP contribution in [-0.4, -0.2) is 26.7 Å². The van der Waals surface area contributed by atoms with Crippen molar-refractivity contribution in [2.45, 2.75) is 25.7 Å². The Morgan fingerprint density at radius 3 is 2.62 bits per heavy atom. The van der Waals surface area contributed by atoms with Crippen LogP contribution in [0.5, 0.6) is 5.75 Å². The number of carbonyl (C=O) groups excluding carboxylic acids is 1. The first kappa shape index (κ1) is 19.0. The van der Waals surface area contributed by atoms with Crippen LogP contribution in [0.4, 0.5) is 14.5 Å². The van der Waals surface area contributed by atoms with Gasteiger partial charge in [-0.15, -0.1) is 0 Å². The van der Waals surface area contributed by atoms with Crippen molar-refractivity contribution in [2.75, 3.05) is 4.90 Å². The van der Waals surface area contributed by atoms with Crippen molar-refractivity contribution in [3.8, 4) is 5.75 Å². The Kier molecular flexibility index (Phi) is 4.34. The fourth-order valence-corrected chi connectivity index (χ4v) is 3.38. The number of nitrogens with zero attached hydrogens (tertiary/aromatic N) is 3. The van der Waals surface area contributed by atoms with Crippen LogP contribution in [0.15, 0.2) is 47.3 Å². The van der Waals surface area contributed by atoms with Gasteiger partial charge < -0.3 is 14.4 Å². The van der Waals surface area contributed by atoms with E-state index in [1.54, 1.807) is 31.3 Å². The van der Waals surface area contributed by atoms with E-state index in [1.165, 1.54) is 29.7 Å². The first-order chi connectivity index (χ1) is 13.7. The zero-order valence-corrected chi connectivity index (χ0v) is 15.6. The molecule has 7 nitrogen and oxygen atoms in total. The van der Waals surface area contributed by atoms with Gasteiger partial charge in [0.2, 0.25) is 0 Å². The molecule has 1 N–H and O–H groups in total. The number of hydrogen-bond donors (Lipinski definition) is 1. The quantitative estimate of drug-likeness (QED) is 0.729. The zero-order chi connectivity index (χ0) is 20.9. The normalized spacial score (nSPS) is 16.4. The first-order valence-corrected chi connectivity index (χ1v) is 8.85. The molecule has 0 radical (unpaired) electrons. The summed E-state index contributed by atoms with van der Waals surface area (Å²) in [5, 5.41) is 9.90. The van der Waals surface area contributed by atoms with Gasteiger partial charge >= 0.3 is 12.0 Å². The Morgan fingerprint density at radius 1 is 1.17 bits per heavy atom. The van der Waals surface area contributed by atoms with E-state index in [2.05, 4.69) is 9.72 Å². The fraction of sp³-hybridized carbons (Fsp3) is 0.250. The third kappa shape index (κ3) is 3.03. The largest absolute Gasteiger partial charge is 0.483 e. The lowest BCUT2D eigenvalue weighted by molar-refractivity contribution is -0.193. The fourth-order valence-electron chi connectivity index (χ4n) is 3.38. The van der Waals surface area contributed by atoms with E-state index >= 15 is 0 Å². The predicted molar refractivity (Wildman–Crippen MR) is 101 cm³/mol. The molecule has 0 saturated carbocycles. The van der Waals surface area contributed by atoms with Crippen LogP contribution < -0.4 is 15.2 Å². The molecule has 0 bridgehead atoms. The van der Waals surface area contributed by atoms with E-state index in [0.29, 0.717) is 11.0 Å². The molecule has 0 aliphatic carbocycles. The molecule has 1 aromatic heterocycles. The molecular weight excluding hydrogens is 384 g/mol. The topological polar surface area (TPSA) is 84.7 Å². The SMILES string of the molecule is C[C@H](O)c1cccc2c1OC(F)(F)C(=O)N2Cc1nc2ccccc2n(C)c1=O. The van der Waals surface area contributed by atoms with Gasteiger partial charge in [-0.25, -0.2) is 4.98 Å². The van der Waals surface area contributed by atoms with Crippen molar-refractivity contribution >= 4 is 22.6 Å². The number of aliphatic hydroxyl groups excluding tert-OH is 1. The van der Waals surface area contributed by atoms with Gasteiger partial charge in [0.25, 0.3) is 5.56 Å². The maximum Gasteiger partial charge on any atom is 0.483 e. The summed E-state index contributed by atoms with van der Waals surface area (Å²) in [4.78, 5) is 30.2. The molecule has 2 aromatic carbocycles. The molecule has 1 aliphatic heterocycles. The van der Waals surface area contributed by atoms with Crippen molar-refractivity contribution in [1.82, 2.24) is 9.55 Å². The van der Waals surface area contributed by atoms with E-state index in [9.17, 15) is 23.5 Å². The number of benzene rings is 2. The molecule has 9 heteroatoms. The number of halogens is 2. The van der Waals surface area contributed by atoms with Gasteiger partial charge in [-0.3, -0.25) is 14.5 Å². The van der Waals surface area contributed by atoms with Crippen molar-refractivity contribution in [1.29, 1.82) is 0 Å². The zero-order valence-electron chi connectivity index (χ0n) is 15.6. The van der Waals surface area contributed by atoms with Gasteiger partial charge in [0.1, 0.15) is 5.69 Å². The van der Waals surface area contributed by atoms with Crippen molar-refractivity contribution in [3.63, 3.8) is 0 Å². The first-order valence-electron chi connectivity index (χ1n) is 8.85. The second-order valence-electron chi connectivity index (χ2n) is 6.79. The Bertz CT molecular complexity index is 1190. The second kappa shape index (κ2) is 6.63. The molecule has 1 aliphatic rings. The average molecular weight is 401 g/mol. The number of anilines is 1. The minimum absolute atomic E-state index is 0.0383.